The van der Waals surface area contributed by atoms with Crippen molar-refractivity contribution >= 4 is 11.6 Å². The minimum atomic E-state index is 0.576. The molecule has 0 aromatic heterocycles. The summed E-state index contributed by atoms with van der Waals surface area (Å²) in [6, 6.07) is 5.83. The van der Waals surface area contributed by atoms with Crippen molar-refractivity contribution in [3.05, 3.63) is 28.8 Å². The highest BCUT2D eigenvalue weighted by Crippen LogP contribution is 2.34. The Morgan fingerprint density at radius 3 is 3.17 bits per heavy atom. The zero-order valence-corrected chi connectivity index (χ0v) is 7.77. The van der Waals surface area contributed by atoms with Gasteiger partial charge in [-0.15, -0.1) is 0 Å². The molecule has 1 aliphatic rings. The van der Waals surface area contributed by atoms with E-state index in [1.165, 1.54) is 5.56 Å². The van der Waals surface area contributed by atoms with Crippen molar-refractivity contribution in [2.45, 2.75) is 19.3 Å². The monoisotopic (exact) mass is 182 g/mol. The standard InChI is InChI=1S/C10H11ClO/c1-7-4-5-12-10-3-2-8(11)6-9(7)10/h2-3,6-7H,4-5H2,1H3/t7-/m1/s1. The number of rotatable bonds is 0. The van der Waals surface area contributed by atoms with Gasteiger partial charge in [0.1, 0.15) is 5.75 Å². The van der Waals surface area contributed by atoms with Crippen LogP contribution in [0.1, 0.15) is 24.8 Å². The summed E-state index contributed by atoms with van der Waals surface area (Å²) in [5, 5.41) is 0.797. The lowest BCUT2D eigenvalue weighted by Crippen LogP contribution is -2.11. The molecular formula is C10H11ClO. The molecule has 1 aliphatic heterocycles. The molecule has 0 N–H and O–H groups in total. The topological polar surface area (TPSA) is 9.23 Å². The Hall–Kier alpha value is -0.690. The van der Waals surface area contributed by atoms with Gasteiger partial charge in [-0.1, -0.05) is 18.5 Å². The first-order chi connectivity index (χ1) is 5.77. The molecule has 0 saturated heterocycles. The fraction of sp³-hybridized carbons (Fsp3) is 0.400. The van der Waals surface area contributed by atoms with Gasteiger partial charge < -0.3 is 4.74 Å². The van der Waals surface area contributed by atoms with Gasteiger partial charge in [0, 0.05) is 5.02 Å². The molecule has 0 bridgehead atoms. The van der Waals surface area contributed by atoms with Gasteiger partial charge in [-0.3, -0.25) is 0 Å². The summed E-state index contributed by atoms with van der Waals surface area (Å²) < 4.78 is 5.49. The third-order valence-corrected chi connectivity index (χ3v) is 2.55. The molecule has 1 nitrogen and oxygen atoms in total. The molecule has 0 radical (unpaired) electrons. The minimum Gasteiger partial charge on any atom is -0.493 e. The summed E-state index contributed by atoms with van der Waals surface area (Å²) in [4.78, 5) is 0. The molecule has 2 rings (SSSR count). The maximum Gasteiger partial charge on any atom is 0.122 e. The SMILES string of the molecule is C[C@@H]1CCOc2ccc(Cl)cc21. The average molecular weight is 183 g/mol. The first-order valence-corrected chi connectivity index (χ1v) is 4.57. The quantitative estimate of drug-likeness (QED) is 0.599. The Kier molecular flexibility index (Phi) is 1.97. The van der Waals surface area contributed by atoms with Gasteiger partial charge in [0.2, 0.25) is 0 Å². The van der Waals surface area contributed by atoms with Crippen LogP contribution in [-0.2, 0) is 0 Å². The molecule has 1 heterocycles. The van der Waals surface area contributed by atoms with Crippen molar-refractivity contribution in [3.63, 3.8) is 0 Å². The maximum atomic E-state index is 5.89. The van der Waals surface area contributed by atoms with Gasteiger partial charge in [0.25, 0.3) is 0 Å². The number of benzene rings is 1. The maximum absolute atomic E-state index is 5.89. The molecule has 1 aromatic rings. The molecule has 0 spiro atoms. The fourth-order valence-corrected chi connectivity index (χ4v) is 1.72. The van der Waals surface area contributed by atoms with Crippen LogP contribution >= 0.6 is 11.6 Å². The van der Waals surface area contributed by atoms with Crippen LogP contribution in [0.2, 0.25) is 5.02 Å². The summed E-state index contributed by atoms with van der Waals surface area (Å²) in [5.41, 5.74) is 1.24. The van der Waals surface area contributed by atoms with Gasteiger partial charge in [-0.05, 0) is 36.1 Å². The molecule has 64 valence electrons. The van der Waals surface area contributed by atoms with Gasteiger partial charge in [-0.2, -0.15) is 0 Å². The highest BCUT2D eigenvalue weighted by molar-refractivity contribution is 6.30. The van der Waals surface area contributed by atoms with Crippen molar-refractivity contribution in [1.82, 2.24) is 0 Å². The first kappa shape index (κ1) is 7.93. The predicted molar refractivity (Wildman–Crippen MR) is 50.0 cm³/mol. The lowest BCUT2D eigenvalue weighted by molar-refractivity contribution is 0.272. The van der Waals surface area contributed by atoms with Crippen molar-refractivity contribution in [1.29, 1.82) is 0 Å². The van der Waals surface area contributed by atoms with Gasteiger partial charge >= 0.3 is 0 Å². The Labute approximate surface area is 77.3 Å². The second-order valence-corrected chi connectivity index (χ2v) is 3.66. The average Bonchev–Trinajstić information content (AvgIpc) is 2.07. The fourth-order valence-electron chi connectivity index (χ4n) is 1.54. The Morgan fingerprint density at radius 2 is 2.33 bits per heavy atom. The van der Waals surface area contributed by atoms with E-state index >= 15 is 0 Å². The number of hydrogen-bond acceptors (Lipinski definition) is 1. The number of halogens is 1. The van der Waals surface area contributed by atoms with Gasteiger partial charge in [0.05, 0.1) is 6.61 Å². The summed E-state index contributed by atoms with van der Waals surface area (Å²) in [6.07, 6.45) is 1.09. The first-order valence-electron chi connectivity index (χ1n) is 4.19. The van der Waals surface area contributed by atoms with Crippen molar-refractivity contribution in [2.75, 3.05) is 6.61 Å². The van der Waals surface area contributed by atoms with E-state index in [2.05, 4.69) is 6.92 Å². The Balaban J connectivity index is 2.47. The molecule has 0 aliphatic carbocycles. The van der Waals surface area contributed by atoms with Crippen LogP contribution in [0.25, 0.3) is 0 Å². The molecule has 0 fully saturated rings. The highest BCUT2D eigenvalue weighted by Gasteiger charge is 2.17. The van der Waals surface area contributed by atoms with E-state index in [0.717, 1.165) is 23.8 Å². The van der Waals surface area contributed by atoms with E-state index in [0.29, 0.717) is 5.92 Å². The van der Waals surface area contributed by atoms with Crippen LogP contribution in [0.3, 0.4) is 0 Å². The molecule has 0 saturated carbocycles. The van der Waals surface area contributed by atoms with Gasteiger partial charge in [-0.25, -0.2) is 0 Å². The molecule has 1 aromatic carbocycles. The highest BCUT2D eigenvalue weighted by atomic mass is 35.5. The van der Waals surface area contributed by atoms with E-state index in [-0.39, 0.29) is 0 Å². The second kappa shape index (κ2) is 2.98. The van der Waals surface area contributed by atoms with Crippen LogP contribution < -0.4 is 4.74 Å². The largest absolute Gasteiger partial charge is 0.493 e. The molecular weight excluding hydrogens is 172 g/mol. The van der Waals surface area contributed by atoms with Gasteiger partial charge in [0.15, 0.2) is 0 Å². The summed E-state index contributed by atoms with van der Waals surface area (Å²) >= 11 is 5.89. The van der Waals surface area contributed by atoms with Crippen LogP contribution in [0.4, 0.5) is 0 Å². The summed E-state index contributed by atoms with van der Waals surface area (Å²) in [7, 11) is 0. The van der Waals surface area contributed by atoms with E-state index in [4.69, 9.17) is 16.3 Å². The van der Waals surface area contributed by atoms with Crippen LogP contribution in [0, 0.1) is 0 Å². The smallest absolute Gasteiger partial charge is 0.122 e. The van der Waals surface area contributed by atoms with Crippen molar-refractivity contribution < 1.29 is 4.74 Å². The number of hydrogen-bond donors (Lipinski definition) is 0. The minimum absolute atomic E-state index is 0.576. The molecule has 1 atom stereocenters. The zero-order valence-electron chi connectivity index (χ0n) is 7.01. The lowest BCUT2D eigenvalue weighted by Gasteiger charge is -2.22. The summed E-state index contributed by atoms with van der Waals surface area (Å²) in [6.45, 7) is 3.04. The Morgan fingerprint density at radius 1 is 1.50 bits per heavy atom. The lowest BCUT2D eigenvalue weighted by atomic mass is 9.95. The van der Waals surface area contributed by atoms with E-state index in [1.807, 2.05) is 18.2 Å². The van der Waals surface area contributed by atoms with E-state index < -0.39 is 0 Å². The number of fused-ring (bicyclic) bond motifs is 1. The molecule has 0 amide bonds. The van der Waals surface area contributed by atoms with Crippen LogP contribution in [0.5, 0.6) is 5.75 Å². The van der Waals surface area contributed by atoms with Crippen LogP contribution in [0.15, 0.2) is 18.2 Å². The van der Waals surface area contributed by atoms with Crippen LogP contribution in [-0.4, -0.2) is 6.61 Å². The predicted octanol–water partition coefficient (Wildman–Crippen LogP) is 3.23. The zero-order chi connectivity index (χ0) is 8.55. The number of ether oxygens (including phenoxy) is 1. The molecule has 12 heavy (non-hydrogen) atoms. The molecule has 2 heteroatoms. The second-order valence-electron chi connectivity index (χ2n) is 3.22. The normalized spacial score (nSPS) is 21.3. The van der Waals surface area contributed by atoms with E-state index in [1.54, 1.807) is 0 Å². The van der Waals surface area contributed by atoms with Crippen molar-refractivity contribution in [2.24, 2.45) is 0 Å². The van der Waals surface area contributed by atoms with E-state index in [9.17, 15) is 0 Å². The third kappa shape index (κ3) is 1.29. The van der Waals surface area contributed by atoms with Crippen molar-refractivity contribution in [3.8, 4) is 5.75 Å². The Bertz CT molecular complexity index is 296. The molecule has 0 unspecified atom stereocenters. The summed E-state index contributed by atoms with van der Waals surface area (Å²) in [5.74, 6) is 1.57. The third-order valence-electron chi connectivity index (χ3n) is 2.31.